The molecule has 27 heavy (non-hydrogen) atoms. The molecule has 0 saturated carbocycles. The highest BCUT2D eigenvalue weighted by molar-refractivity contribution is 7.92. The molecule has 0 aliphatic heterocycles. The molecule has 5 nitrogen and oxygen atoms in total. The van der Waals surface area contributed by atoms with E-state index in [1.807, 2.05) is 27.7 Å². The van der Waals surface area contributed by atoms with E-state index < -0.39 is 10.0 Å². The van der Waals surface area contributed by atoms with Crippen LogP contribution in [0.1, 0.15) is 29.3 Å². The molecule has 6 heteroatoms. The maximum absolute atomic E-state index is 12.6. The van der Waals surface area contributed by atoms with Crippen molar-refractivity contribution in [3.05, 3.63) is 77.5 Å². The van der Waals surface area contributed by atoms with Crippen LogP contribution in [0.4, 0.5) is 5.82 Å². The Kier molecular flexibility index (Phi) is 4.93. The SMILES string of the molecule is C=C(C)c1cc(NS(=O)(=O)c2ccccc2)nn1-c1c(C)cc(C)cc1C. The predicted octanol–water partition coefficient (Wildman–Crippen LogP) is 4.63. The average Bonchev–Trinajstić information content (AvgIpc) is 2.97. The van der Waals surface area contributed by atoms with Gasteiger partial charge in [0.15, 0.2) is 5.82 Å². The van der Waals surface area contributed by atoms with Crippen LogP contribution in [0.3, 0.4) is 0 Å². The molecule has 1 aromatic heterocycles. The minimum Gasteiger partial charge on any atom is -0.262 e. The molecule has 0 fully saturated rings. The largest absolute Gasteiger partial charge is 0.263 e. The lowest BCUT2D eigenvalue weighted by molar-refractivity contribution is 0.601. The van der Waals surface area contributed by atoms with Crippen LogP contribution in [0.5, 0.6) is 0 Å². The Morgan fingerprint density at radius 2 is 1.63 bits per heavy atom. The van der Waals surface area contributed by atoms with Gasteiger partial charge in [0.1, 0.15) is 0 Å². The first-order valence-corrected chi connectivity index (χ1v) is 10.1. The van der Waals surface area contributed by atoms with Crippen molar-refractivity contribution >= 4 is 21.4 Å². The molecule has 1 N–H and O–H groups in total. The fraction of sp³-hybridized carbons (Fsp3) is 0.190. The maximum Gasteiger partial charge on any atom is 0.263 e. The van der Waals surface area contributed by atoms with E-state index in [-0.39, 0.29) is 10.7 Å². The second-order valence-corrected chi connectivity index (χ2v) is 8.46. The Morgan fingerprint density at radius 1 is 1.04 bits per heavy atom. The normalized spacial score (nSPS) is 11.4. The summed E-state index contributed by atoms with van der Waals surface area (Å²) in [5, 5.41) is 4.53. The minimum absolute atomic E-state index is 0.194. The van der Waals surface area contributed by atoms with Gasteiger partial charge in [-0.3, -0.25) is 4.72 Å². The summed E-state index contributed by atoms with van der Waals surface area (Å²) < 4.78 is 29.6. The van der Waals surface area contributed by atoms with Gasteiger partial charge in [-0.25, -0.2) is 13.1 Å². The van der Waals surface area contributed by atoms with Gasteiger partial charge in [-0.15, -0.1) is 5.10 Å². The van der Waals surface area contributed by atoms with Crippen LogP contribution >= 0.6 is 0 Å². The number of anilines is 1. The van der Waals surface area contributed by atoms with E-state index in [0.717, 1.165) is 28.1 Å². The zero-order chi connectivity index (χ0) is 19.8. The Bertz CT molecular complexity index is 1090. The fourth-order valence-electron chi connectivity index (χ4n) is 3.21. The molecule has 0 spiro atoms. The molecule has 0 atom stereocenters. The zero-order valence-electron chi connectivity index (χ0n) is 15.9. The number of benzene rings is 2. The van der Waals surface area contributed by atoms with Gasteiger partial charge in [0, 0.05) is 6.07 Å². The number of rotatable bonds is 5. The second-order valence-electron chi connectivity index (χ2n) is 6.77. The minimum atomic E-state index is -3.71. The number of aryl methyl sites for hydroxylation is 3. The highest BCUT2D eigenvalue weighted by atomic mass is 32.2. The third kappa shape index (κ3) is 3.80. The van der Waals surface area contributed by atoms with Gasteiger partial charge in [-0.1, -0.05) is 42.5 Å². The van der Waals surface area contributed by atoms with Crippen molar-refractivity contribution in [1.29, 1.82) is 0 Å². The van der Waals surface area contributed by atoms with Gasteiger partial charge in [-0.2, -0.15) is 0 Å². The Morgan fingerprint density at radius 3 is 2.19 bits per heavy atom. The number of nitrogens with zero attached hydrogens (tertiary/aromatic N) is 2. The third-order valence-corrected chi connectivity index (χ3v) is 5.66. The highest BCUT2D eigenvalue weighted by Crippen LogP contribution is 2.27. The monoisotopic (exact) mass is 381 g/mol. The summed E-state index contributed by atoms with van der Waals surface area (Å²) in [4.78, 5) is 0.194. The van der Waals surface area contributed by atoms with Crippen molar-refractivity contribution in [2.75, 3.05) is 4.72 Å². The van der Waals surface area contributed by atoms with Crippen molar-refractivity contribution in [2.24, 2.45) is 0 Å². The number of hydrogen-bond acceptors (Lipinski definition) is 3. The number of hydrogen-bond donors (Lipinski definition) is 1. The summed E-state index contributed by atoms with van der Waals surface area (Å²) in [7, 11) is -3.71. The first-order chi connectivity index (χ1) is 12.7. The molecule has 140 valence electrons. The first-order valence-electron chi connectivity index (χ1n) is 8.61. The summed E-state index contributed by atoms with van der Waals surface area (Å²) in [6.07, 6.45) is 0. The summed E-state index contributed by atoms with van der Waals surface area (Å²) >= 11 is 0. The summed E-state index contributed by atoms with van der Waals surface area (Å²) in [5.74, 6) is 0.260. The molecule has 1 heterocycles. The summed E-state index contributed by atoms with van der Waals surface area (Å²) in [5.41, 5.74) is 5.79. The summed E-state index contributed by atoms with van der Waals surface area (Å²) in [6.45, 7) is 12.0. The van der Waals surface area contributed by atoms with Crippen LogP contribution in [0.15, 0.2) is 60.0 Å². The molecule has 0 amide bonds. The lowest BCUT2D eigenvalue weighted by Crippen LogP contribution is -2.13. The lowest BCUT2D eigenvalue weighted by Gasteiger charge is -2.14. The number of nitrogens with one attached hydrogen (secondary N) is 1. The zero-order valence-corrected chi connectivity index (χ0v) is 16.8. The van der Waals surface area contributed by atoms with Crippen LogP contribution in [0.2, 0.25) is 0 Å². The van der Waals surface area contributed by atoms with Crippen molar-refractivity contribution < 1.29 is 8.42 Å². The molecule has 0 saturated heterocycles. The van der Waals surface area contributed by atoms with Crippen LogP contribution in [0.25, 0.3) is 11.3 Å². The van der Waals surface area contributed by atoms with E-state index in [2.05, 4.69) is 28.5 Å². The van der Waals surface area contributed by atoms with E-state index in [9.17, 15) is 8.42 Å². The molecule has 3 rings (SSSR count). The average molecular weight is 382 g/mol. The van der Waals surface area contributed by atoms with Gasteiger partial charge in [-0.05, 0) is 56.5 Å². The first kappa shape index (κ1) is 18.9. The molecule has 0 unspecified atom stereocenters. The van der Waals surface area contributed by atoms with Gasteiger partial charge in [0.2, 0.25) is 0 Å². The third-order valence-electron chi connectivity index (χ3n) is 4.29. The summed E-state index contributed by atoms with van der Waals surface area (Å²) in [6, 6.07) is 14.1. The van der Waals surface area contributed by atoms with E-state index in [1.165, 1.54) is 5.56 Å². The smallest absolute Gasteiger partial charge is 0.262 e. The fourth-order valence-corrected chi connectivity index (χ4v) is 4.22. The van der Waals surface area contributed by atoms with Gasteiger partial charge >= 0.3 is 0 Å². The molecule has 0 bridgehead atoms. The van der Waals surface area contributed by atoms with Gasteiger partial charge in [0.25, 0.3) is 10.0 Å². The Balaban J connectivity index is 2.09. The van der Waals surface area contributed by atoms with Crippen LogP contribution in [-0.2, 0) is 10.0 Å². The van der Waals surface area contributed by atoms with E-state index in [0.29, 0.717) is 0 Å². The Labute approximate surface area is 160 Å². The standard InChI is InChI=1S/C21H23N3O2S/c1-14(2)19-13-20(23-27(25,26)18-9-7-6-8-10-18)22-24(19)21-16(4)11-15(3)12-17(21)5/h6-13H,1H2,2-5H3,(H,22,23). The quantitative estimate of drug-likeness (QED) is 0.701. The van der Waals surface area contributed by atoms with Crippen molar-refractivity contribution in [2.45, 2.75) is 32.6 Å². The van der Waals surface area contributed by atoms with E-state index in [4.69, 9.17) is 0 Å². The van der Waals surface area contributed by atoms with Crippen molar-refractivity contribution in [3.8, 4) is 5.69 Å². The molecular weight excluding hydrogens is 358 g/mol. The highest BCUT2D eigenvalue weighted by Gasteiger charge is 2.19. The van der Waals surface area contributed by atoms with E-state index >= 15 is 0 Å². The number of sulfonamides is 1. The molecule has 0 aliphatic rings. The van der Waals surface area contributed by atoms with Crippen LogP contribution in [0, 0.1) is 20.8 Å². The predicted molar refractivity (Wildman–Crippen MR) is 110 cm³/mol. The van der Waals surface area contributed by atoms with Gasteiger partial charge < -0.3 is 0 Å². The van der Waals surface area contributed by atoms with Gasteiger partial charge in [0.05, 0.1) is 16.3 Å². The van der Waals surface area contributed by atoms with Crippen LogP contribution < -0.4 is 4.72 Å². The van der Waals surface area contributed by atoms with E-state index in [1.54, 1.807) is 41.1 Å². The number of allylic oxidation sites excluding steroid dienone is 1. The molecule has 0 radical (unpaired) electrons. The lowest BCUT2D eigenvalue weighted by atomic mass is 10.0. The second kappa shape index (κ2) is 7.04. The number of aromatic nitrogens is 2. The molecule has 0 aliphatic carbocycles. The molecule has 2 aromatic carbocycles. The Hall–Kier alpha value is -2.86. The molecule has 3 aromatic rings. The molecular formula is C21H23N3O2S. The maximum atomic E-state index is 12.6. The van der Waals surface area contributed by atoms with Crippen molar-refractivity contribution in [1.82, 2.24) is 9.78 Å². The topological polar surface area (TPSA) is 64.0 Å². The van der Waals surface area contributed by atoms with Crippen molar-refractivity contribution in [3.63, 3.8) is 0 Å². The van der Waals surface area contributed by atoms with Crippen LogP contribution in [-0.4, -0.2) is 18.2 Å².